The second-order valence-corrected chi connectivity index (χ2v) is 13.9. The van der Waals surface area contributed by atoms with Crippen LogP contribution in [-0.2, 0) is 0 Å². The molecule has 0 heterocycles. The maximum Gasteiger partial charge on any atom is 0.0979 e. The maximum absolute atomic E-state index is 5.58. The molecule has 206 valence electrons. The minimum atomic E-state index is 0.334. The third kappa shape index (κ3) is 5.25. The lowest BCUT2D eigenvalue weighted by Gasteiger charge is -2.20. The summed E-state index contributed by atoms with van der Waals surface area (Å²) in [5.41, 5.74) is 11.4. The summed E-state index contributed by atoms with van der Waals surface area (Å²) in [4.78, 5) is 11.2. The summed E-state index contributed by atoms with van der Waals surface area (Å²) in [6.07, 6.45) is 0. The Kier molecular flexibility index (Phi) is 8.23. The van der Waals surface area contributed by atoms with Crippen LogP contribution < -0.4 is 0 Å². The number of hydrogen-bond acceptors (Lipinski definition) is 2. The van der Waals surface area contributed by atoms with Crippen molar-refractivity contribution in [3.63, 3.8) is 0 Å². The molecular formula is C36H38Br2N2. The molecule has 0 fully saturated rings. The van der Waals surface area contributed by atoms with Gasteiger partial charge in [-0.3, -0.25) is 0 Å². The van der Waals surface area contributed by atoms with E-state index in [-0.39, 0.29) is 0 Å². The highest BCUT2D eigenvalue weighted by Gasteiger charge is 2.29. The molecule has 0 aromatic heterocycles. The normalized spacial score (nSPS) is 15.2. The quantitative estimate of drug-likeness (QED) is 0.197. The first-order valence-corrected chi connectivity index (χ1v) is 15.9. The summed E-state index contributed by atoms with van der Waals surface area (Å²) in [5, 5.41) is 2.46. The highest BCUT2D eigenvalue weighted by Crippen LogP contribution is 2.43. The minimum Gasteiger partial charge on any atom is -0.245 e. The van der Waals surface area contributed by atoms with Crippen molar-refractivity contribution in [2.75, 3.05) is 0 Å². The molecule has 0 atom stereocenters. The summed E-state index contributed by atoms with van der Waals surface area (Å²) >= 11 is 7.54. The zero-order valence-electron chi connectivity index (χ0n) is 24.7. The van der Waals surface area contributed by atoms with Gasteiger partial charge in [-0.2, -0.15) is 0 Å². The Bertz CT molecular complexity index is 1490. The predicted octanol–water partition coefficient (Wildman–Crippen LogP) is 12.1. The van der Waals surface area contributed by atoms with Gasteiger partial charge in [0, 0.05) is 25.5 Å². The van der Waals surface area contributed by atoms with Crippen molar-refractivity contribution in [2.45, 2.75) is 79.1 Å². The van der Waals surface area contributed by atoms with Crippen molar-refractivity contribution in [1.29, 1.82) is 0 Å². The van der Waals surface area contributed by atoms with Crippen LogP contribution in [0.3, 0.4) is 0 Å². The zero-order chi connectivity index (χ0) is 28.9. The van der Waals surface area contributed by atoms with Gasteiger partial charge < -0.3 is 0 Å². The van der Waals surface area contributed by atoms with E-state index in [4.69, 9.17) is 9.98 Å². The monoisotopic (exact) mass is 656 g/mol. The van der Waals surface area contributed by atoms with Crippen LogP contribution in [0.15, 0.2) is 79.6 Å². The highest BCUT2D eigenvalue weighted by atomic mass is 79.9. The van der Waals surface area contributed by atoms with E-state index in [1.165, 1.54) is 33.0 Å². The molecule has 0 aliphatic heterocycles. The number of rotatable bonds is 6. The van der Waals surface area contributed by atoms with Gasteiger partial charge in [0.15, 0.2) is 0 Å². The Morgan fingerprint density at radius 2 is 0.825 bits per heavy atom. The molecule has 2 nitrogen and oxygen atoms in total. The summed E-state index contributed by atoms with van der Waals surface area (Å²) in [6.45, 7) is 18.0. The van der Waals surface area contributed by atoms with Gasteiger partial charge in [-0.15, -0.1) is 0 Å². The van der Waals surface area contributed by atoms with E-state index < -0.39 is 0 Å². The Balaban J connectivity index is 1.90. The molecule has 1 aliphatic rings. The first-order valence-electron chi connectivity index (χ1n) is 14.3. The molecule has 0 spiro atoms. The van der Waals surface area contributed by atoms with Crippen LogP contribution in [0.1, 0.15) is 112 Å². The number of aliphatic imine (C=N–C) groups is 2. The van der Waals surface area contributed by atoms with Crippen molar-refractivity contribution in [3.8, 4) is 0 Å². The van der Waals surface area contributed by atoms with E-state index in [0.29, 0.717) is 23.7 Å². The van der Waals surface area contributed by atoms with E-state index in [1.54, 1.807) is 0 Å². The fraction of sp³-hybridized carbons (Fsp3) is 0.333. The maximum atomic E-state index is 5.58. The molecule has 0 unspecified atom stereocenters. The third-order valence-corrected chi connectivity index (χ3v) is 8.76. The van der Waals surface area contributed by atoms with Crippen molar-refractivity contribution < 1.29 is 0 Å². The molecule has 5 rings (SSSR count). The molecule has 4 heteroatoms. The van der Waals surface area contributed by atoms with Crippen LogP contribution in [-0.4, -0.2) is 11.4 Å². The van der Waals surface area contributed by atoms with Crippen LogP contribution in [0.4, 0.5) is 11.4 Å². The molecule has 40 heavy (non-hydrogen) atoms. The molecule has 0 radical (unpaired) electrons. The van der Waals surface area contributed by atoms with E-state index in [0.717, 1.165) is 42.9 Å². The zero-order valence-corrected chi connectivity index (χ0v) is 27.9. The summed E-state index contributed by atoms with van der Waals surface area (Å²) in [5.74, 6) is 1.34. The molecule has 4 aromatic carbocycles. The van der Waals surface area contributed by atoms with Gasteiger partial charge in [-0.05, 0) is 75.6 Å². The van der Waals surface area contributed by atoms with Crippen molar-refractivity contribution in [1.82, 2.24) is 0 Å². The lowest BCUT2D eigenvalue weighted by Crippen LogP contribution is -2.12. The second kappa shape index (κ2) is 11.4. The van der Waals surface area contributed by atoms with Gasteiger partial charge in [0.1, 0.15) is 0 Å². The highest BCUT2D eigenvalue weighted by molar-refractivity contribution is 9.10. The summed E-state index contributed by atoms with van der Waals surface area (Å²) < 4.78 is 2.21. The van der Waals surface area contributed by atoms with Crippen LogP contribution >= 0.6 is 31.9 Å². The molecule has 0 saturated heterocycles. The summed E-state index contributed by atoms with van der Waals surface area (Å²) in [7, 11) is 0. The average Bonchev–Trinajstić information content (AvgIpc) is 3.19. The standard InChI is InChI=1S/C36H38Br2N2/c1-19(2)28-15-24(37)16-29(20(3)4)33(28)39-35-26-13-9-11-23-12-10-14-27(32(23)26)36(35)40-34-30(21(5)6)17-25(38)18-31(34)22(7)8/h9-22H,1-8H3. The molecule has 4 aromatic rings. The van der Waals surface area contributed by atoms with Crippen molar-refractivity contribution >= 4 is 65.4 Å². The van der Waals surface area contributed by atoms with Gasteiger partial charge in [-0.25, -0.2) is 9.98 Å². The van der Waals surface area contributed by atoms with Gasteiger partial charge in [0.05, 0.1) is 22.8 Å². The Hall–Kier alpha value is -2.56. The molecule has 1 aliphatic carbocycles. The first kappa shape index (κ1) is 29.0. The van der Waals surface area contributed by atoms with Crippen LogP contribution in [0.2, 0.25) is 0 Å². The van der Waals surface area contributed by atoms with E-state index >= 15 is 0 Å². The average molecular weight is 659 g/mol. The van der Waals surface area contributed by atoms with Gasteiger partial charge >= 0.3 is 0 Å². The number of halogens is 2. The molecule has 0 N–H and O–H groups in total. The van der Waals surface area contributed by atoms with Crippen LogP contribution in [0.25, 0.3) is 10.8 Å². The largest absolute Gasteiger partial charge is 0.245 e. The molecular weight excluding hydrogens is 620 g/mol. The fourth-order valence-corrected chi connectivity index (χ4v) is 6.73. The number of benzene rings is 4. The first-order chi connectivity index (χ1) is 19.0. The Morgan fingerprint density at radius 1 is 0.500 bits per heavy atom. The summed E-state index contributed by atoms with van der Waals surface area (Å²) in [6, 6.07) is 22.0. The van der Waals surface area contributed by atoms with E-state index in [9.17, 15) is 0 Å². The fourth-order valence-electron chi connectivity index (χ4n) is 5.74. The topological polar surface area (TPSA) is 24.7 Å². The van der Waals surface area contributed by atoms with Crippen LogP contribution in [0, 0.1) is 0 Å². The van der Waals surface area contributed by atoms with E-state index in [2.05, 4.69) is 148 Å². The van der Waals surface area contributed by atoms with Crippen molar-refractivity contribution in [2.24, 2.45) is 9.98 Å². The van der Waals surface area contributed by atoms with Gasteiger partial charge in [-0.1, -0.05) is 124 Å². The molecule has 0 bridgehead atoms. The predicted molar refractivity (Wildman–Crippen MR) is 181 cm³/mol. The van der Waals surface area contributed by atoms with Crippen LogP contribution in [0.5, 0.6) is 0 Å². The smallest absolute Gasteiger partial charge is 0.0979 e. The second-order valence-electron chi connectivity index (χ2n) is 12.1. The lowest BCUT2D eigenvalue weighted by atomic mass is 9.92. The lowest BCUT2D eigenvalue weighted by molar-refractivity contribution is 0.832. The SMILES string of the molecule is CC(C)c1cc(Br)cc(C(C)C)c1N=C1C(=Nc2c(C(C)C)cc(Br)cc2C(C)C)c2cccc3cccc1c23. The van der Waals surface area contributed by atoms with Gasteiger partial charge in [0.25, 0.3) is 0 Å². The third-order valence-electron chi connectivity index (χ3n) is 7.84. The molecule has 0 amide bonds. The Labute approximate surface area is 256 Å². The van der Waals surface area contributed by atoms with Crippen molar-refractivity contribution in [3.05, 3.63) is 103 Å². The van der Waals surface area contributed by atoms with Gasteiger partial charge in [0.2, 0.25) is 0 Å². The number of nitrogens with zero attached hydrogens (tertiary/aromatic N) is 2. The molecule has 0 saturated carbocycles. The van der Waals surface area contributed by atoms with E-state index in [1.807, 2.05) is 0 Å². The number of hydrogen-bond donors (Lipinski definition) is 0. The Morgan fingerprint density at radius 3 is 1.12 bits per heavy atom. The minimum absolute atomic E-state index is 0.334.